The van der Waals surface area contributed by atoms with Crippen molar-refractivity contribution in [3.63, 3.8) is 0 Å². The van der Waals surface area contributed by atoms with Crippen molar-refractivity contribution in [1.82, 2.24) is 10.2 Å². The molecule has 0 spiro atoms. The van der Waals surface area contributed by atoms with Crippen molar-refractivity contribution < 1.29 is 22.4 Å². The van der Waals surface area contributed by atoms with Gasteiger partial charge in [0.15, 0.2) is 0 Å². The highest BCUT2D eigenvalue weighted by Gasteiger charge is 2.31. The Hall–Kier alpha value is -2.36. The summed E-state index contributed by atoms with van der Waals surface area (Å²) in [5, 5.41) is 3.51. The fraction of sp³-hybridized carbons (Fsp3) is 0.391. The van der Waals surface area contributed by atoms with Gasteiger partial charge >= 0.3 is 0 Å². The van der Waals surface area contributed by atoms with E-state index in [1.165, 1.54) is 36.1 Å². The molecule has 0 fully saturated rings. The second kappa shape index (κ2) is 11.9. The fourth-order valence-corrected chi connectivity index (χ4v) is 4.45. The van der Waals surface area contributed by atoms with Crippen LogP contribution in [0.1, 0.15) is 32.8 Å². The zero-order chi connectivity index (χ0) is 25.6. The lowest BCUT2D eigenvalue weighted by molar-refractivity contribution is -0.139. The van der Waals surface area contributed by atoms with Crippen LogP contribution in [0, 0.1) is 5.82 Å². The highest BCUT2D eigenvalue weighted by atomic mass is 35.5. The lowest BCUT2D eigenvalue weighted by Gasteiger charge is -2.32. The van der Waals surface area contributed by atoms with Crippen LogP contribution in [0.25, 0.3) is 0 Å². The third kappa shape index (κ3) is 7.32. The van der Waals surface area contributed by atoms with Crippen LogP contribution in [0.5, 0.6) is 0 Å². The number of carbonyl (C=O) groups excluding carboxylic acids is 2. The SMILES string of the molecule is CCC(C)NC(=O)C(C)N(Cc1ccc(Cl)cc1Cl)C(=O)CN(c1ccccc1F)S(C)(=O)=O. The van der Waals surface area contributed by atoms with Gasteiger partial charge in [-0.3, -0.25) is 13.9 Å². The molecule has 0 saturated carbocycles. The highest BCUT2D eigenvalue weighted by Crippen LogP contribution is 2.25. The number of para-hydroxylation sites is 1. The van der Waals surface area contributed by atoms with E-state index in [1.807, 2.05) is 13.8 Å². The molecule has 0 aromatic heterocycles. The van der Waals surface area contributed by atoms with E-state index in [0.717, 1.165) is 12.3 Å². The first kappa shape index (κ1) is 27.9. The molecular formula is C23H28Cl2FN3O4S. The summed E-state index contributed by atoms with van der Waals surface area (Å²) in [5.74, 6) is -1.91. The molecule has 0 aliphatic carbocycles. The van der Waals surface area contributed by atoms with Gasteiger partial charge in [-0.05, 0) is 50.1 Å². The van der Waals surface area contributed by atoms with Crippen molar-refractivity contribution in [1.29, 1.82) is 0 Å². The van der Waals surface area contributed by atoms with Crippen LogP contribution in [-0.4, -0.2) is 50.0 Å². The van der Waals surface area contributed by atoms with Gasteiger partial charge in [-0.2, -0.15) is 0 Å². The molecule has 0 saturated heterocycles. The van der Waals surface area contributed by atoms with Crippen LogP contribution in [0.4, 0.5) is 10.1 Å². The van der Waals surface area contributed by atoms with Gasteiger partial charge in [-0.1, -0.05) is 48.3 Å². The number of sulfonamides is 1. The van der Waals surface area contributed by atoms with Gasteiger partial charge in [0.05, 0.1) is 11.9 Å². The molecule has 2 atom stereocenters. The van der Waals surface area contributed by atoms with E-state index in [2.05, 4.69) is 5.32 Å². The van der Waals surface area contributed by atoms with Crippen LogP contribution in [0.3, 0.4) is 0 Å². The third-order valence-electron chi connectivity index (χ3n) is 5.32. The van der Waals surface area contributed by atoms with E-state index in [0.29, 0.717) is 21.3 Å². The van der Waals surface area contributed by atoms with Gasteiger partial charge in [0.1, 0.15) is 18.4 Å². The number of benzene rings is 2. The lowest BCUT2D eigenvalue weighted by Crippen LogP contribution is -2.52. The number of anilines is 1. The Balaban J connectivity index is 2.43. The maximum Gasteiger partial charge on any atom is 0.244 e. The summed E-state index contributed by atoms with van der Waals surface area (Å²) in [5.41, 5.74) is 0.249. The number of amides is 2. The van der Waals surface area contributed by atoms with Gasteiger partial charge in [0.25, 0.3) is 0 Å². The Labute approximate surface area is 209 Å². The highest BCUT2D eigenvalue weighted by molar-refractivity contribution is 7.92. The first-order valence-electron chi connectivity index (χ1n) is 10.6. The Morgan fingerprint density at radius 2 is 1.76 bits per heavy atom. The number of carbonyl (C=O) groups is 2. The molecule has 2 unspecified atom stereocenters. The van der Waals surface area contributed by atoms with Crippen LogP contribution < -0.4 is 9.62 Å². The second-order valence-electron chi connectivity index (χ2n) is 7.97. The van der Waals surface area contributed by atoms with Gasteiger partial charge in [0.2, 0.25) is 21.8 Å². The predicted octanol–water partition coefficient (Wildman–Crippen LogP) is 4.23. The molecule has 0 radical (unpaired) electrons. The van der Waals surface area contributed by atoms with E-state index < -0.39 is 40.2 Å². The molecular weight excluding hydrogens is 504 g/mol. The van der Waals surface area contributed by atoms with Crippen molar-refractivity contribution >= 4 is 50.7 Å². The zero-order valence-electron chi connectivity index (χ0n) is 19.4. The van der Waals surface area contributed by atoms with Crippen LogP contribution in [0.15, 0.2) is 42.5 Å². The average Bonchev–Trinajstić information content (AvgIpc) is 2.76. The smallest absolute Gasteiger partial charge is 0.244 e. The summed E-state index contributed by atoms with van der Waals surface area (Å²) in [6.45, 7) is 4.48. The van der Waals surface area contributed by atoms with Crippen molar-refractivity contribution in [2.75, 3.05) is 17.1 Å². The summed E-state index contributed by atoms with van der Waals surface area (Å²) in [6.07, 6.45) is 1.57. The van der Waals surface area contributed by atoms with Crippen molar-refractivity contribution in [3.05, 3.63) is 63.9 Å². The van der Waals surface area contributed by atoms with Gasteiger partial charge < -0.3 is 10.2 Å². The minimum Gasteiger partial charge on any atom is -0.352 e. The Bertz CT molecular complexity index is 1150. The molecule has 11 heteroatoms. The van der Waals surface area contributed by atoms with E-state index in [4.69, 9.17) is 23.2 Å². The summed E-state index contributed by atoms with van der Waals surface area (Å²) in [7, 11) is -4.02. The molecule has 0 heterocycles. The lowest BCUT2D eigenvalue weighted by atomic mass is 10.1. The maximum absolute atomic E-state index is 14.4. The van der Waals surface area contributed by atoms with E-state index in [-0.39, 0.29) is 23.3 Å². The summed E-state index contributed by atoms with van der Waals surface area (Å²) >= 11 is 12.3. The molecule has 1 N–H and O–H groups in total. The number of nitrogens with one attached hydrogen (secondary N) is 1. The normalized spacial score (nSPS) is 13.1. The fourth-order valence-electron chi connectivity index (χ4n) is 3.13. The molecule has 0 aliphatic heterocycles. The summed E-state index contributed by atoms with van der Waals surface area (Å²) in [4.78, 5) is 27.5. The van der Waals surface area contributed by atoms with Gasteiger partial charge in [-0.15, -0.1) is 0 Å². The van der Waals surface area contributed by atoms with Crippen LogP contribution in [-0.2, 0) is 26.2 Å². The quantitative estimate of drug-likeness (QED) is 0.496. The minimum atomic E-state index is -4.02. The van der Waals surface area contributed by atoms with Crippen molar-refractivity contribution in [3.8, 4) is 0 Å². The number of halogens is 3. The van der Waals surface area contributed by atoms with Gasteiger partial charge in [-0.25, -0.2) is 12.8 Å². The molecule has 7 nitrogen and oxygen atoms in total. The third-order valence-corrected chi connectivity index (χ3v) is 7.04. The zero-order valence-corrected chi connectivity index (χ0v) is 21.7. The average molecular weight is 532 g/mol. The molecule has 34 heavy (non-hydrogen) atoms. The molecule has 0 bridgehead atoms. The maximum atomic E-state index is 14.4. The first-order chi connectivity index (χ1) is 15.8. The molecule has 2 amide bonds. The van der Waals surface area contributed by atoms with Crippen LogP contribution >= 0.6 is 23.2 Å². The Kier molecular flexibility index (Phi) is 9.73. The number of nitrogens with zero attached hydrogens (tertiary/aromatic N) is 2. The Morgan fingerprint density at radius 1 is 1.12 bits per heavy atom. The minimum absolute atomic E-state index is 0.0845. The predicted molar refractivity (Wildman–Crippen MR) is 133 cm³/mol. The molecule has 2 rings (SSSR count). The topological polar surface area (TPSA) is 86.8 Å². The number of rotatable bonds is 10. The molecule has 186 valence electrons. The monoisotopic (exact) mass is 531 g/mol. The number of hydrogen-bond acceptors (Lipinski definition) is 4. The van der Waals surface area contributed by atoms with Crippen LogP contribution in [0.2, 0.25) is 10.0 Å². The number of hydrogen-bond donors (Lipinski definition) is 1. The second-order valence-corrected chi connectivity index (χ2v) is 10.7. The standard InChI is InChI=1S/C23H28Cl2FN3O4S/c1-5-15(2)27-23(31)16(3)28(13-17-10-11-18(24)12-19(17)25)22(30)14-29(34(4,32)33)21-9-7-6-8-20(21)26/h6-12,15-16H,5,13-14H2,1-4H3,(H,27,31). The molecule has 0 aliphatic rings. The summed E-state index contributed by atoms with van der Waals surface area (Å²) in [6, 6.07) is 8.88. The van der Waals surface area contributed by atoms with Crippen molar-refractivity contribution in [2.24, 2.45) is 0 Å². The molecule has 2 aromatic rings. The van der Waals surface area contributed by atoms with E-state index in [1.54, 1.807) is 12.1 Å². The van der Waals surface area contributed by atoms with E-state index >= 15 is 0 Å². The van der Waals surface area contributed by atoms with Crippen molar-refractivity contribution in [2.45, 2.75) is 45.8 Å². The first-order valence-corrected chi connectivity index (χ1v) is 13.2. The largest absolute Gasteiger partial charge is 0.352 e. The molecule has 2 aromatic carbocycles. The van der Waals surface area contributed by atoms with Gasteiger partial charge in [0, 0.05) is 22.6 Å². The summed E-state index contributed by atoms with van der Waals surface area (Å²) < 4.78 is 40.0. The van der Waals surface area contributed by atoms with E-state index in [9.17, 15) is 22.4 Å². The Morgan fingerprint density at radius 3 is 2.32 bits per heavy atom.